The predicted octanol–water partition coefficient (Wildman–Crippen LogP) is 11.7. The van der Waals surface area contributed by atoms with Crippen molar-refractivity contribution in [3.8, 4) is 28.3 Å². The molecule has 0 spiro atoms. The van der Waals surface area contributed by atoms with Crippen LogP contribution >= 0.6 is 0 Å². The molecule has 4 heterocycles. The van der Waals surface area contributed by atoms with Crippen LogP contribution in [0.15, 0.2) is 114 Å². The number of para-hydroxylation sites is 2. The van der Waals surface area contributed by atoms with E-state index in [2.05, 4.69) is 154 Å². The molecule has 0 amide bonds. The van der Waals surface area contributed by atoms with Crippen LogP contribution in [0.25, 0.3) is 61.4 Å². The number of hydrogen-bond acceptors (Lipinski definition) is 4. The first-order valence-electron chi connectivity index (χ1n) is 18.5. The topological polar surface area (TPSA) is 56.7 Å². The number of benzene rings is 4. The van der Waals surface area contributed by atoms with Crippen LogP contribution in [0.3, 0.4) is 0 Å². The largest absolute Gasteiger partial charge is 0.486 e. The van der Waals surface area contributed by atoms with Gasteiger partial charge in [-0.05, 0) is 77.5 Å². The molecule has 4 aromatic heterocycles. The molecule has 8 rings (SSSR count). The minimum atomic E-state index is -1.34. The molecule has 0 saturated carbocycles. The van der Waals surface area contributed by atoms with Crippen molar-refractivity contribution in [2.45, 2.75) is 73.0 Å². The third kappa shape index (κ3) is 8.19. The van der Waals surface area contributed by atoms with Crippen molar-refractivity contribution in [2.75, 3.05) is 0 Å². The van der Waals surface area contributed by atoms with Gasteiger partial charge in [0.25, 0.3) is 0 Å². The number of imidazole rings is 1. The van der Waals surface area contributed by atoms with E-state index in [9.17, 15) is 0 Å². The van der Waals surface area contributed by atoms with Gasteiger partial charge in [-0.25, -0.2) is 4.98 Å². The Hall–Kier alpha value is -4.68. The second-order valence-electron chi connectivity index (χ2n) is 16.4. The van der Waals surface area contributed by atoms with Crippen LogP contribution in [0.4, 0.5) is 0 Å². The van der Waals surface area contributed by atoms with Crippen molar-refractivity contribution in [1.82, 2.24) is 19.5 Å². The first kappa shape index (κ1) is 39.0. The normalized spacial score (nSPS) is 11.9. The molecule has 0 aliphatic carbocycles. The number of pyridine rings is 2. The maximum absolute atomic E-state index is 5.97. The summed E-state index contributed by atoms with van der Waals surface area (Å²) in [6, 6.07) is 42.1. The molecule has 1 radical (unpaired) electrons. The molecule has 0 atom stereocenters. The zero-order valence-electron chi connectivity index (χ0n) is 32.7. The SMILES string of the molecule is CC(C)Cc1cc(-c2[c-]cccc2)ncc1[Si](C)(C)C.Cc1ccc2c(n1)oc1c[c-]c(-c3nc4ccccc4n3-c3ccc(C(C)(C)C)cc3)cc12.[Ir]. The van der Waals surface area contributed by atoms with E-state index in [0.29, 0.717) is 11.6 Å². The van der Waals surface area contributed by atoms with Gasteiger partial charge in [-0.2, -0.15) is 0 Å². The van der Waals surface area contributed by atoms with Gasteiger partial charge in [-0.3, -0.25) is 4.98 Å². The van der Waals surface area contributed by atoms with Crippen molar-refractivity contribution < 1.29 is 24.5 Å². The Balaban J connectivity index is 0.000000205. The number of hydrogen-bond donors (Lipinski definition) is 0. The fourth-order valence-corrected chi connectivity index (χ4v) is 8.47. The molecule has 8 aromatic rings. The molecule has 54 heavy (non-hydrogen) atoms. The summed E-state index contributed by atoms with van der Waals surface area (Å²) in [4.78, 5) is 14.2. The van der Waals surface area contributed by atoms with Crippen LogP contribution in [0.1, 0.15) is 51.4 Å². The summed E-state index contributed by atoms with van der Waals surface area (Å²) in [7, 11) is -1.34. The van der Waals surface area contributed by atoms with E-state index in [4.69, 9.17) is 9.40 Å². The van der Waals surface area contributed by atoms with Crippen LogP contribution in [-0.2, 0) is 31.9 Å². The van der Waals surface area contributed by atoms with Crippen LogP contribution < -0.4 is 5.19 Å². The minimum absolute atomic E-state index is 0. The number of furan rings is 1. The van der Waals surface area contributed by atoms with Gasteiger partial charge in [-0.1, -0.05) is 95.5 Å². The average Bonchev–Trinajstić information content (AvgIpc) is 3.69. The first-order valence-corrected chi connectivity index (χ1v) is 22.0. The molecule has 0 N–H and O–H groups in total. The second-order valence-corrected chi connectivity index (χ2v) is 21.5. The quantitative estimate of drug-likeness (QED) is 0.123. The van der Waals surface area contributed by atoms with Gasteiger partial charge in [0.05, 0.1) is 30.5 Å². The molecule has 7 heteroatoms. The van der Waals surface area contributed by atoms with Crippen LogP contribution in [-0.4, -0.2) is 27.6 Å². The van der Waals surface area contributed by atoms with Gasteiger partial charge >= 0.3 is 0 Å². The van der Waals surface area contributed by atoms with E-state index in [0.717, 1.165) is 67.8 Å². The number of nitrogens with zero attached hydrogens (tertiary/aromatic N) is 4. The Labute approximate surface area is 334 Å². The van der Waals surface area contributed by atoms with Crippen LogP contribution in [0, 0.1) is 25.0 Å². The van der Waals surface area contributed by atoms with Crippen LogP contribution in [0.2, 0.25) is 19.6 Å². The molecule has 0 unspecified atom stereocenters. The Morgan fingerprint density at radius 3 is 2.24 bits per heavy atom. The number of aryl methyl sites for hydroxylation is 1. The summed E-state index contributed by atoms with van der Waals surface area (Å²) in [6.45, 7) is 20.4. The third-order valence-corrected chi connectivity index (χ3v) is 11.7. The van der Waals surface area contributed by atoms with Gasteiger partial charge in [0.2, 0.25) is 5.71 Å². The number of fused-ring (bicyclic) bond motifs is 4. The van der Waals surface area contributed by atoms with Gasteiger partial charge in [0.1, 0.15) is 0 Å². The van der Waals surface area contributed by atoms with Crippen LogP contribution in [0.5, 0.6) is 0 Å². The van der Waals surface area contributed by atoms with Crippen molar-refractivity contribution in [3.63, 3.8) is 0 Å². The predicted molar refractivity (Wildman–Crippen MR) is 224 cm³/mol. The van der Waals surface area contributed by atoms with E-state index >= 15 is 0 Å². The summed E-state index contributed by atoms with van der Waals surface area (Å²) in [5.41, 5.74) is 11.4. The fraction of sp³-hybridized carbons (Fsp3) is 0.255. The number of rotatable bonds is 6. The van der Waals surface area contributed by atoms with Gasteiger partial charge in [-0.15, -0.1) is 59.7 Å². The molecular weight excluding hydrogens is 857 g/mol. The zero-order chi connectivity index (χ0) is 37.5. The number of aromatic nitrogens is 4. The minimum Gasteiger partial charge on any atom is -0.486 e. The summed E-state index contributed by atoms with van der Waals surface area (Å²) >= 11 is 0. The second kappa shape index (κ2) is 15.6. The maximum atomic E-state index is 5.97. The Bertz CT molecular complexity index is 2540. The van der Waals surface area contributed by atoms with Gasteiger partial charge in [0, 0.05) is 43.1 Å². The molecule has 277 valence electrons. The molecule has 4 aromatic carbocycles. The fourth-order valence-electron chi connectivity index (χ4n) is 6.88. The average molecular weight is 905 g/mol. The smallest absolute Gasteiger partial charge is 0.216 e. The Kier molecular flexibility index (Phi) is 11.3. The first-order chi connectivity index (χ1) is 25.3. The summed E-state index contributed by atoms with van der Waals surface area (Å²) in [5, 5.41) is 3.52. The molecule has 5 nitrogen and oxygen atoms in total. The molecule has 0 aliphatic rings. The van der Waals surface area contributed by atoms with Crippen molar-refractivity contribution in [3.05, 3.63) is 138 Å². The standard InChI is InChI=1S/C29H24N3O.C18H24NSi.Ir/c1-18-9-15-22-23-17-19(10-16-26(23)33-28(22)30-18)27-31-24-7-5-6-8-25(24)32(27)21-13-11-20(12-14-21)29(2,3)4;1-14(2)11-16-12-17(15-9-7-6-8-10-15)19-13-18(16)20(3,4)5;/h5-9,11-17H,1-4H3;6-9,12-14H,11H2,1-5H3;/q2*-1;. The van der Waals surface area contributed by atoms with Crippen molar-refractivity contribution >= 4 is 46.4 Å². The van der Waals surface area contributed by atoms with E-state index < -0.39 is 8.07 Å². The monoisotopic (exact) mass is 905 g/mol. The summed E-state index contributed by atoms with van der Waals surface area (Å²) < 4.78 is 8.19. The Morgan fingerprint density at radius 2 is 1.56 bits per heavy atom. The molecule has 0 aliphatic heterocycles. The molecule has 0 bridgehead atoms. The molecule has 0 saturated heterocycles. The zero-order valence-corrected chi connectivity index (χ0v) is 36.1. The third-order valence-electron chi connectivity index (χ3n) is 9.61. The van der Waals surface area contributed by atoms with E-state index in [1.165, 1.54) is 16.3 Å². The van der Waals surface area contributed by atoms with Gasteiger partial charge in [0.15, 0.2) is 0 Å². The summed E-state index contributed by atoms with van der Waals surface area (Å²) in [5.74, 6) is 1.52. The van der Waals surface area contributed by atoms with Crippen molar-refractivity contribution in [1.29, 1.82) is 0 Å². The molecule has 0 fully saturated rings. The van der Waals surface area contributed by atoms with Gasteiger partial charge < -0.3 is 14.0 Å². The van der Waals surface area contributed by atoms with E-state index in [-0.39, 0.29) is 25.5 Å². The molecular formula is C47H48IrN4OSi-2. The van der Waals surface area contributed by atoms with E-state index in [1.54, 1.807) is 0 Å². The van der Waals surface area contributed by atoms with E-state index in [1.807, 2.05) is 43.3 Å². The Morgan fingerprint density at radius 1 is 0.815 bits per heavy atom. The summed E-state index contributed by atoms with van der Waals surface area (Å²) in [6.07, 6.45) is 3.24. The van der Waals surface area contributed by atoms with Crippen molar-refractivity contribution in [2.24, 2.45) is 5.92 Å². The maximum Gasteiger partial charge on any atom is 0.216 e.